The molecule has 4 rings (SSSR count). The maximum atomic E-state index is 3.77. The van der Waals surface area contributed by atoms with Gasteiger partial charge < -0.3 is 0 Å². The average molecular weight is 488 g/mol. The topological polar surface area (TPSA) is 0 Å². The van der Waals surface area contributed by atoms with Crippen molar-refractivity contribution in [1.29, 1.82) is 0 Å². The lowest BCUT2D eigenvalue weighted by Gasteiger charge is -2.32. The summed E-state index contributed by atoms with van der Waals surface area (Å²) in [6.45, 7) is 19.7. The Morgan fingerprint density at radius 1 is 0.767 bits per heavy atom. The van der Waals surface area contributed by atoms with Crippen LogP contribution in [0, 0.1) is 0 Å². The lowest BCUT2D eigenvalue weighted by Crippen LogP contribution is -2.25. The van der Waals surface area contributed by atoms with Gasteiger partial charge in [0.1, 0.15) is 0 Å². The highest BCUT2D eigenvalue weighted by atomic mass is 79.9. The molecule has 0 atom stereocenters. The highest BCUT2D eigenvalue weighted by Crippen LogP contribution is 2.63. The molecule has 0 saturated heterocycles. The van der Waals surface area contributed by atoms with Crippen molar-refractivity contribution in [3.8, 4) is 11.1 Å². The summed E-state index contributed by atoms with van der Waals surface area (Å²) in [7, 11) is 0. The molecule has 2 aliphatic rings. The standard InChI is InChI=1S/C28H39BrS/c1-9-27(10-2)16-25(5,6)23-19(27)14-20-24(22(23)18-13-21(29)30-15-18)26(7,8)17-28(20,11-3)12-4/h13-15H,9-12,16-17H2,1-8H3. The van der Waals surface area contributed by atoms with Crippen LogP contribution >= 0.6 is 27.3 Å². The summed E-state index contributed by atoms with van der Waals surface area (Å²) in [5.41, 5.74) is 10.7. The number of rotatable bonds is 5. The Balaban J connectivity index is 2.20. The van der Waals surface area contributed by atoms with Gasteiger partial charge in [-0.25, -0.2) is 0 Å². The summed E-state index contributed by atoms with van der Waals surface area (Å²) >= 11 is 5.60. The summed E-state index contributed by atoms with van der Waals surface area (Å²) in [5.74, 6) is 0. The first kappa shape index (κ1) is 22.6. The van der Waals surface area contributed by atoms with E-state index in [0.29, 0.717) is 10.8 Å². The molecule has 2 aliphatic carbocycles. The lowest BCUT2D eigenvalue weighted by atomic mass is 9.72. The molecule has 30 heavy (non-hydrogen) atoms. The normalized spacial score (nSPS) is 22.2. The number of thiophene rings is 1. The maximum Gasteiger partial charge on any atom is 0.0704 e. The van der Waals surface area contributed by atoms with Crippen molar-refractivity contribution < 1.29 is 0 Å². The third kappa shape index (κ3) is 2.95. The number of hydrogen-bond donors (Lipinski definition) is 0. The molecule has 0 aliphatic heterocycles. The van der Waals surface area contributed by atoms with Crippen molar-refractivity contribution in [2.24, 2.45) is 0 Å². The average Bonchev–Trinajstić information content (AvgIpc) is 3.31. The van der Waals surface area contributed by atoms with Gasteiger partial charge in [-0.05, 0) is 121 Å². The summed E-state index contributed by atoms with van der Waals surface area (Å²) in [6, 6.07) is 5.10. The predicted octanol–water partition coefficient (Wildman–Crippen LogP) is 9.66. The monoisotopic (exact) mass is 486 g/mol. The fourth-order valence-corrected chi connectivity index (χ4v) is 8.62. The third-order valence-electron chi connectivity index (χ3n) is 8.95. The predicted molar refractivity (Wildman–Crippen MR) is 137 cm³/mol. The first-order valence-electron chi connectivity index (χ1n) is 12.0. The minimum absolute atomic E-state index is 0.208. The molecule has 164 valence electrons. The van der Waals surface area contributed by atoms with E-state index in [2.05, 4.69) is 88.8 Å². The van der Waals surface area contributed by atoms with Crippen molar-refractivity contribution in [3.63, 3.8) is 0 Å². The van der Waals surface area contributed by atoms with E-state index in [-0.39, 0.29) is 10.8 Å². The first-order valence-corrected chi connectivity index (χ1v) is 13.7. The molecule has 0 saturated carbocycles. The second-order valence-electron chi connectivity index (χ2n) is 11.3. The van der Waals surface area contributed by atoms with E-state index in [4.69, 9.17) is 0 Å². The van der Waals surface area contributed by atoms with Gasteiger partial charge in [0.15, 0.2) is 0 Å². The molecule has 1 aromatic heterocycles. The van der Waals surface area contributed by atoms with E-state index in [9.17, 15) is 0 Å². The Labute approximate surface area is 197 Å². The molecular formula is C28H39BrS. The van der Waals surface area contributed by atoms with Crippen LogP contribution in [-0.2, 0) is 21.7 Å². The van der Waals surface area contributed by atoms with Gasteiger partial charge in [-0.2, -0.15) is 0 Å². The van der Waals surface area contributed by atoms with E-state index in [0.717, 1.165) is 0 Å². The molecule has 0 radical (unpaired) electrons. The zero-order valence-electron chi connectivity index (χ0n) is 20.3. The molecule has 0 bridgehead atoms. The molecule has 2 heteroatoms. The van der Waals surface area contributed by atoms with Gasteiger partial charge in [0, 0.05) is 0 Å². The molecule has 0 N–H and O–H groups in total. The van der Waals surface area contributed by atoms with Crippen LogP contribution in [0.15, 0.2) is 21.3 Å². The van der Waals surface area contributed by atoms with Crippen molar-refractivity contribution in [1.82, 2.24) is 0 Å². The molecule has 1 aromatic carbocycles. The van der Waals surface area contributed by atoms with Crippen LogP contribution in [0.4, 0.5) is 0 Å². The third-order valence-corrected chi connectivity index (χ3v) is 10.5. The second-order valence-corrected chi connectivity index (χ2v) is 13.6. The SMILES string of the molecule is CCC1(CC)CC(C)(C)c2c1cc1c(c2-c2csc(Br)c2)C(C)(C)CC1(CC)CC. The summed E-state index contributed by atoms with van der Waals surface area (Å²) in [6.07, 6.45) is 7.49. The molecule has 0 nitrogen and oxygen atoms in total. The zero-order chi connectivity index (χ0) is 22.1. The second kappa shape index (κ2) is 7.20. The van der Waals surface area contributed by atoms with E-state index in [1.165, 1.54) is 47.9 Å². The van der Waals surface area contributed by atoms with E-state index >= 15 is 0 Å². The van der Waals surface area contributed by atoms with Crippen LogP contribution < -0.4 is 0 Å². The molecular weight excluding hydrogens is 448 g/mol. The molecule has 1 heterocycles. The highest BCUT2D eigenvalue weighted by Gasteiger charge is 2.53. The fraction of sp³-hybridized carbons (Fsp3) is 0.643. The number of halogens is 1. The number of hydrogen-bond acceptors (Lipinski definition) is 1. The van der Waals surface area contributed by atoms with Gasteiger partial charge in [-0.1, -0.05) is 61.5 Å². The quantitative estimate of drug-likeness (QED) is 0.394. The van der Waals surface area contributed by atoms with Crippen LogP contribution in [0.5, 0.6) is 0 Å². The van der Waals surface area contributed by atoms with Gasteiger partial charge in [0.2, 0.25) is 0 Å². The van der Waals surface area contributed by atoms with Crippen LogP contribution in [0.1, 0.15) is 116 Å². The van der Waals surface area contributed by atoms with E-state index in [1.54, 1.807) is 27.8 Å². The van der Waals surface area contributed by atoms with Gasteiger partial charge in [0.05, 0.1) is 3.79 Å². The summed E-state index contributed by atoms with van der Waals surface area (Å²) in [4.78, 5) is 0. The van der Waals surface area contributed by atoms with Crippen molar-refractivity contribution >= 4 is 27.3 Å². The Hall–Kier alpha value is -0.600. The molecule has 0 fully saturated rings. The van der Waals surface area contributed by atoms with E-state index < -0.39 is 0 Å². The Morgan fingerprint density at radius 2 is 1.20 bits per heavy atom. The van der Waals surface area contributed by atoms with Crippen molar-refractivity contribution in [2.45, 2.75) is 116 Å². The van der Waals surface area contributed by atoms with Gasteiger partial charge in [0.25, 0.3) is 0 Å². The smallest absolute Gasteiger partial charge is 0.0704 e. The van der Waals surface area contributed by atoms with Crippen molar-refractivity contribution in [2.75, 3.05) is 0 Å². The Morgan fingerprint density at radius 3 is 1.53 bits per heavy atom. The van der Waals surface area contributed by atoms with Crippen LogP contribution in [0.2, 0.25) is 0 Å². The highest BCUT2D eigenvalue weighted by molar-refractivity contribution is 9.11. The molecule has 0 spiro atoms. The molecule has 0 unspecified atom stereocenters. The van der Waals surface area contributed by atoms with Gasteiger partial charge >= 0.3 is 0 Å². The fourth-order valence-electron chi connectivity index (χ4n) is 7.48. The molecule has 2 aromatic rings. The van der Waals surface area contributed by atoms with Crippen LogP contribution in [0.3, 0.4) is 0 Å². The lowest BCUT2D eigenvalue weighted by molar-refractivity contribution is 0.322. The van der Waals surface area contributed by atoms with Gasteiger partial charge in [-0.3, -0.25) is 0 Å². The Kier molecular flexibility index (Phi) is 5.42. The maximum absolute atomic E-state index is 3.77. The largest absolute Gasteiger partial charge is 0.136 e. The zero-order valence-corrected chi connectivity index (χ0v) is 22.7. The molecule has 0 amide bonds. The Bertz CT molecular complexity index is 911. The van der Waals surface area contributed by atoms with Crippen molar-refractivity contribution in [3.05, 3.63) is 43.6 Å². The summed E-state index contributed by atoms with van der Waals surface area (Å²) < 4.78 is 1.24. The first-order chi connectivity index (χ1) is 14.0. The number of benzene rings is 1. The van der Waals surface area contributed by atoms with Crippen LogP contribution in [-0.4, -0.2) is 0 Å². The minimum atomic E-state index is 0.208. The van der Waals surface area contributed by atoms with Crippen LogP contribution in [0.25, 0.3) is 11.1 Å². The minimum Gasteiger partial charge on any atom is -0.136 e. The van der Waals surface area contributed by atoms with Gasteiger partial charge in [-0.15, -0.1) is 11.3 Å². The van der Waals surface area contributed by atoms with E-state index in [1.807, 2.05) is 11.3 Å². The summed E-state index contributed by atoms with van der Waals surface area (Å²) in [5, 5.41) is 2.39. The number of fused-ring (bicyclic) bond motifs is 2.